The van der Waals surface area contributed by atoms with Crippen molar-refractivity contribution >= 4 is 31.7 Å². The minimum Gasteiger partial charge on any atom is -1.00 e. The standard InChI is InChI=1S/C3H9OS.3CH3BF2.3FH.K.Li/c1-5(2,3)4;3*1-2(3)4;;;;;/h1-3H3;3*1H3;3*1H;;/q+1;;;;;;;2*+1/p-3. The van der Waals surface area contributed by atoms with Crippen LogP contribution in [0.5, 0.6) is 0 Å². The molecule has 0 aromatic heterocycles. The summed E-state index contributed by atoms with van der Waals surface area (Å²) in [4.78, 5) is 0. The van der Waals surface area contributed by atoms with E-state index in [0.29, 0.717) is 0 Å². The molecule has 0 saturated heterocycles. The zero-order valence-electron chi connectivity index (χ0n) is 14.0. The van der Waals surface area contributed by atoms with E-state index >= 15 is 0 Å². The molecule has 0 rings (SSSR count). The topological polar surface area (TPSA) is 17.1 Å². The molecular formula is C6H18B3F9KLiOS. The first-order chi connectivity index (χ1) is 7.20. The average Bonchev–Trinajstić information content (AvgIpc) is 1.73. The monoisotopic (exact) mass is 388 g/mol. The average molecular weight is 388 g/mol. The van der Waals surface area contributed by atoms with Crippen molar-refractivity contribution in [2.45, 2.75) is 20.5 Å². The molecule has 0 radical (unpaired) electrons. The van der Waals surface area contributed by atoms with Crippen LogP contribution in [0.4, 0.5) is 25.9 Å². The minimum absolute atomic E-state index is 0. The van der Waals surface area contributed by atoms with Crippen molar-refractivity contribution in [3.63, 3.8) is 0 Å². The molecule has 0 aliphatic carbocycles. The van der Waals surface area contributed by atoms with Crippen LogP contribution in [-0.4, -0.2) is 40.6 Å². The van der Waals surface area contributed by atoms with Crippen LogP contribution in [-0.2, 0) is 14.1 Å². The second kappa shape index (κ2) is 38.5. The second-order valence-electron chi connectivity index (χ2n) is 3.28. The summed E-state index contributed by atoms with van der Waals surface area (Å²) in [7, 11) is -7.92. The molecule has 0 aromatic carbocycles. The van der Waals surface area contributed by atoms with Gasteiger partial charge in [-0.2, -0.15) is 0 Å². The summed E-state index contributed by atoms with van der Waals surface area (Å²) in [5.41, 5.74) is 0. The van der Waals surface area contributed by atoms with Crippen molar-refractivity contribution in [1.82, 2.24) is 0 Å². The van der Waals surface area contributed by atoms with E-state index in [-0.39, 0.29) is 84.4 Å². The molecule has 0 amide bonds. The van der Waals surface area contributed by atoms with Crippen LogP contribution >= 0.6 is 0 Å². The van der Waals surface area contributed by atoms with Gasteiger partial charge in [0, 0.05) is 0 Å². The molecular weight excluding hydrogens is 370 g/mol. The number of rotatable bonds is 0. The summed E-state index contributed by atoms with van der Waals surface area (Å²) in [6.45, 7) is 2.50. The second-order valence-corrected chi connectivity index (χ2v) is 6.73. The van der Waals surface area contributed by atoms with E-state index < -0.39 is 31.7 Å². The van der Waals surface area contributed by atoms with E-state index in [2.05, 4.69) is 0 Å². The maximum atomic E-state index is 10.3. The maximum Gasteiger partial charge on any atom is 1.00 e. The summed E-state index contributed by atoms with van der Waals surface area (Å²) in [5.74, 6) is 0. The Morgan fingerprint density at radius 1 is 0.636 bits per heavy atom. The Hall–Kier alpha value is 1.95. The van der Waals surface area contributed by atoms with E-state index in [1.54, 1.807) is 18.8 Å². The summed E-state index contributed by atoms with van der Waals surface area (Å²) in [6, 6.07) is 0. The molecule has 0 aliphatic heterocycles. The number of halogens is 9. The summed E-state index contributed by atoms with van der Waals surface area (Å²) >= 11 is 0. The van der Waals surface area contributed by atoms with E-state index in [0.717, 1.165) is 20.5 Å². The van der Waals surface area contributed by atoms with Crippen LogP contribution in [0.15, 0.2) is 0 Å². The van der Waals surface area contributed by atoms with Gasteiger partial charge in [0.25, 0.3) is 0 Å². The van der Waals surface area contributed by atoms with Crippen molar-refractivity contribution < 1.29 is 114 Å². The van der Waals surface area contributed by atoms with Crippen molar-refractivity contribution in [2.75, 3.05) is 18.8 Å². The van der Waals surface area contributed by atoms with Gasteiger partial charge in [-0.15, -0.1) is 4.21 Å². The van der Waals surface area contributed by atoms with Gasteiger partial charge < -0.3 is 14.1 Å². The van der Waals surface area contributed by atoms with Gasteiger partial charge in [-0.25, -0.2) is 0 Å². The predicted molar refractivity (Wildman–Crippen MR) is 67.3 cm³/mol. The summed E-state index contributed by atoms with van der Waals surface area (Å²) in [5, 5.41) is 0. The Morgan fingerprint density at radius 3 is 0.636 bits per heavy atom. The SMILES string of the molecule is CB(F)F.CB(F)F.CB(F)F.C[S+](C)(C)=O.[F-].[F-].[F-].[K+].[Li+]. The van der Waals surface area contributed by atoms with E-state index in [9.17, 15) is 30.1 Å². The van der Waals surface area contributed by atoms with Crippen molar-refractivity contribution in [2.24, 2.45) is 0 Å². The third-order valence-electron chi connectivity index (χ3n) is 0. The first-order valence-electron chi connectivity index (χ1n) is 4.43. The predicted octanol–water partition coefficient (Wildman–Crippen LogP) is -11.5. The van der Waals surface area contributed by atoms with Gasteiger partial charge in [0.2, 0.25) is 0 Å². The Labute approximate surface area is 183 Å². The van der Waals surface area contributed by atoms with Crippen LogP contribution in [0, 0.1) is 0 Å². The zero-order chi connectivity index (χ0) is 15.2. The Morgan fingerprint density at radius 2 is 0.636 bits per heavy atom. The molecule has 0 bridgehead atoms. The van der Waals surface area contributed by atoms with Crippen LogP contribution in [0.25, 0.3) is 0 Å². The largest absolute Gasteiger partial charge is 1.00 e. The Kier molecular flexibility index (Phi) is 98.7. The van der Waals surface area contributed by atoms with E-state index in [1.165, 1.54) is 0 Å². The third kappa shape index (κ3) is 2540. The van der Waals surface area contributed by atoms with Crippen LogP contribution < -0.4 is 84.4 Å². The van der Waals surface area contributed by atoms with Gasteiger partial charge in [-0.1, -0.05) is 0 Å². The van der Waals surface area contributed by atoms with Gasteiger partial charge in [-0.3, -0.25) is 25.9 Å². The molecule has 0 N–H and O–H groups in total. The number of hydrogen-bond acceptors (Lipinski definition) is 1. The molecule has 0 saturated carbocycles. The van der Waals surface area contributed by atoms with Crippen molar-refractivity contribution in [3.8, 4) is 0 Å². The zero-order valence-corrected chi connectivity index (χ0v) is 17.9. The van der Waals surface area contributed by atoms with E-state index in [1.807, 2.05) is 0 Å². The van der Waals surface area contributed by atoms with Gasteiger partial charge in [0.1, 0.15) is 18.8 Å². The fourth-order valence-corrected chi connectivity index (χ4v) is 0. The first-order valence-corrected chi connectivity index (χ1v) is 7.22. The van der Waals surface area contributed by atoms with Crippen LogP contribution in [0.1, 0.15) is 0 Å². The molecule has 16 heteroatoms. The number of hydrogen-bond donors (Lipinski definition) is 0. The normalized spacial score (nSPS) is 6.36. The molecule has 0 fully saturated rings. The van der Waals surface area contributed by atoms with Gasteiger partial charge in [0.15, 0.2) is 0 Å². The summed E-state index contributed by atoms with van der Waals surface area (Å²) < 4.78 is 72.2. The molecule has 0 atom stereocenters. The third-order valence-corrected chi connectivity index (χ3v) is 0. The quantitative estimate of drug-likeness (QED) is 0.229. The van der Waals surface area contributed by atoms with Crippen LogP contribution in [0.3, 0.4) is 0 Å². The van der Waals surface area contributed by atoms with Crippen LogP contribution in [0.2, 0.25) is 20.5 Å². The van der Waals surface area contributed by atoms with E-state index in [4.69, 9.17) is 0 Å². The summed E-state index contributed by atoms with van der Waals surface area (Å²) in [6.07, 6.45) is 5.15. The molecule has 0 heterocycles. The Balaban J connectivity index is -0.0000000137. The fourth-order valence-electron chi connectivity index (χ4n) is 0. The molecule has 0 aromatic rings. The molecule has 0 aliphatic rings. The smallest absolute Gasteiger partial charge is 1.00 e. The molecule has 22 heavy (non-hydrogen) atoms. The van der Waals surface area contributed by atoms with Gasteiger partial charge >= 0.3 is 92.0 Å². The molecule has 128 valence electrons. The fraction of sp³-hybridized carbons (Fsp3) is 1.00. The van der Waals surface area contributed by atoms with Gasteiger partial charge in [-0.05, 0) is 20.5 Å². The molecule has 0 spiro atoms. The first kappa shape index (κ1) is 56.4. The minimum atomic E-state index is -2.17. The molecule has 0 unspecified atom stereocenters. The van der Waals surface area contributed by atoms with Crippen molar-refractivity contribution in [1.29, 1.82) is 0 Å². The molecule has 1 nitrogen and oxygen atoms in total. The maximum absolute atomic E-state index is 10.3. The van der Waals surface area contributed by atoms with Crippen molar-refractivity contribution in [3.05, 3.63) is 0 Å². The Bertz CT molecular complexity index is 162. The van der Waals surface area contributed by atoms with Gasteiger partial charge in [0.05, 0.1) is 9.93 Å².